The van der Waals surface area contributed by atoms with Crippen molar-refractivity contribution in [3.63, 3.8) is 0 Å². The second-order valence-corrected chi connectivity index (χ2v) is 5.99. The lowest BCUT2D eigenvalue weighted by molar-refractivity contribution is -0.427. The number of hydrogen-bond donors (Lipinski definition) is 0. The first kappa shape index (κ1) is 23.8. The van der Waals surface area contributed by atoms with E-state index >= 15 is 0 Å². The molecule has 0 spiro atoms. The van der Waals surface area contributed by atoms with Crippen molar-refractivity contribution in [1.29, 1.82) is 0 Å². The largest absolute Gasteiger partial charge is 0.303 e. The smallest absolute Gasteiger partial charge is 0.246 e. The van der Waals surface area contributed by atoms with E-state index < -0.39 is 0 Å². The van der Waals surface area contributed by atoms with Crippen LogP contribution in [0.1, 0.15) is 71.1 Å². The molecule has 0 fully saturated rings. The average Bonchev–Trinajstić information content (AvgIpc) is 2.63. The monoisotopic (exact) mass is 359 g/mol. The zero-order valence-electron chi connectivity index (χ0n) is 16.0. The molecule has 0 aromatic rings. The van der Waals surface area contributed by atoms with Crippen LogP contribution in [0.15, 0.2) is 60.4 Å². The highest BCUT2D eigenvalue weighted by molar-refractivity contribution is 5.49. The number of hydrogen-bond acceptors (Lipinski definition) is 3. The van der Waals surface area contributed by atoms with E-state index in [1.54, 1.807) is 6.08 Å². The molecule has 0 aliphatic carbocycles. The van der Waals surface area contributed by atoms with E-state index in [1.807, 2.05) is 36.5 Å². The van der Waals surface area contributed by atoms with Gasteiger partial charge in [-0.15, -0.1) is 0 Å². The van der Waals surface area contributed by atoms with Crippen molar-refractivity contribution in [3.8, 4) is 0 Å². The number of carbonyl (C=O) groups excluding carboxylic acids is 1. The molecular weight excluding hydrogens is 326 g/mol. The number of rotatable bonds is 16. The van der Waals surface area contributed by atoms with Crippen LogP contribution in [0.2, 0.25) is 0 Å². The van der Waals surface area contributed by atoms with Gasteiger partial charge in [0.05, 0.1) is 11.3 Å². The molecule has 0 aromatic heterocycles. The molecule has 0 saturated heterocycles. The number of unbranched alkanes of at least 4 members (excludes halogenated alkanes) is 4. The second-order valence-electron chi connectivity index (χ2n) is 5.99. The molecule has 0 radical (unpaired) electrons. The molecule has 0 rings (SSSR count). The van der Waals surface area contributed by atoms with Crippen LogP contribution in [0.5, 0.6) is 0 Å². The summed E-state index contributed by atoms with van der Waals surface area (Å²) in [4.78, 5) is 20.9. The van der Waals surface area contributed by atoms with Crippen LogP contribution in [-0.4, -0.2) is 11.2 Å². The number of carbonyl (C=O) groups is 1. The van der Waals surface area contributed by atoms with Crippen molar-refractivity contribution in [2.75, 3.05) is 0 Å². The van der Waals surface area contributed by atoms with Gasteiger partial charge in [-0.1, -0.05) is 68.4 Å². The molecule has 0 N–H and O–H groups in total. The van der Waals surface area contributed by atoms with Crippen LogP contribution in [-0.2, 0) is 4.79 Å². The highest BCUT2D eigenvalue weighted by Gasteiger charge is 2.06. The zero-order chi connectivity index (χ0) is 19.3. The maximum atomic E-state index is 11.1. The summed E-state index contributed by atoms with van der Waals surface area (Å²) in [6, 6.07) is 0. The summed E-state index contributed by atoms with van der Waals surface area (Å²) in [5, 5.41) is 11.1. The van der Waals surface area contributed by atoms with Gasteiger partial charge in [-0.05, 0) is 44.6 Å². The molecule has 144 valence electrons. The third kappa shape index (κ3) is 16.6. The predicted molar refractivity (Wildman–Crippen MR) is 110 cm³/mol. The van der Waals surface area contributed by atoms with Gasteiger partial charge in [0, 0.05) is 6.42 Å². The van der Waals surface area contributed by atoms with Crippen molar-refractivity contribution in [2.24, 2.45) is 0 Å². The molecule has 0 aliphatic rings. The number of nitro groups is 1. The Hall–Kier alpha value is -2.23. The topological polar surface area (TPSA) is 60.2 Å². The standard InChI is InChI=1S/C22H33NO3/c1-2-3-4-5-6-7-10-13-16-19-22(23(25)26)20-17-14-11-8-9-12-15-18-21-24/h6-7,9,11-14,16,20-21H,2-5,8,10,15,17-19H2,1H3/b7-6+,12-9+,14-11+,16-13+,22-20-. The fourth-order valence-electron chi connectivity index (χ4n) is 2.19. The minimum absolute atomic E-state index is 0.236. The first-order chi connectivity index (χ1) is 12.7. The highest BCUT2D eigenvalue weighted by atomic mass is 16.6. The molecular formula is C22H33NO3. The van der Waals surface area contributed by atoms with E-state index in [0.717, 1.165) is 32.0 Å². The average molecular weight is 360 g/mol. The molecule has 0 bridgehead atoms. The SMILES string of the molecule is CCCCC/C=C/C/C=C/C/C(=C/C/C=C/C/C=C/CCC=O)[N+](=O)[O-]. The molecule has 0 amide bonds. The van der Waals surface area contributed by atoms with Gasteiger partial charge in [0.1, 0.15) is 6.29 Å². The van der Waals surface area contributed by atoms with Crippen LogP contribution in [0.4, 0.5) is 0 Å². The first-order valence-electron chi connectivity index (χ1n) is 9.59. The molecule has 26 heavy (non-hydrogen) atoms. The number of allylic oxidation sites excluding steroid dienone is 9. The quantitative estimate of drug-likeness (QED) is 0.104. The Labute approximate surface area is 158 Å². The third-order valence-corrected chi connectivity index (χ3v) is 3.69. The maximum absolute atomic E-state index is 11.1. The molecule has 0 aromatic carbocycles. The van der Waals surface area contributed by atoms with Gasteiger partial charge in [-0.3, -0.25) is 10.1 Å². The fourth-order valence-corrected chi connectivity index (χ4v) is 2.19. The van der Waals surface area contributed by atoms with E-state index in [-0.39, 0.29) is 10.6 Å². The summed E-state index contributed by atoms with van der Waals surface area (Å²) < 4.78 is 0. The van der Waals surface area contributed by atoms with Gasteiger partial charge < -0.3 is 4.79 Å². The lowest BCUT2D eigenvalue weighted by Crippen LogP contribution is -1.97. The normalized spacial score (nSPS) is 12.9. The Kier molecular flexibility index (Phi) is 17.5. The molecule has 0 heterocycles. The Balaban J connectivity index is 4.05. The highest BCUT2D eigenvalue weighted by Crippen LogP contribution is 2.07. The Morgan fingerprint density at radius 2 is 1.42 bits per heavy atom. The van der Waals surface area contributed by atoms with Gasteiger partial charge in [-0.25, -0.2) is 0 Å². The molecule has 0 aliphatic heterocycles. The summed E-state index contributed by atoms with van der Waals surface area (Å²) in [6.07, 6.45) is 27.3. The first-order valence-corrected chi connectivity index (χ1v) is 9.59. The molecule has 0 saturated carbocycles. The lowest BCUT2D eigenvalue weighted by atomic mass is 10.2. The Morgan fingerprint density at radius 1 is 0.808 bits per heavy atom. The van der Waals surface area contributed by atoms with Gasteiger partial charge in [0.15, 0.2) is 0 Å². The van der Waals surface area contributed by atoms with Crippen molar-refractivity contribution >= 4 is 6.29 Å². The lowest BCUT2D eigenvalue weighted by Gasteiger charge is -1.93. The van der Waals surface area contributed by atoms with E-state index in [9.17, 15) is 14.9 Å². The molecule has 0 atom stereocenters. The van der Waals surface area contributed by atoms with E-state index in [1.165, 1.54) is 19.3 Å². The zero-order valence-corrected chi connectivity index (χ0v) is 16.0. The molecule has 4 nitrogen and oxygen atoms in total. The van der Waals surface area contributed by atoms with Gasteiger partial charge >= 0.3 is 0 Å². The van der Waals surface area contributed by atoms with Crippen molar-refractivity contribution < 1.29 is 9.72 Å². The summed E-state index contributed by atoms with van der Waals surface area (Å²) in [6.45, 7) is 2.19. The van der Waals surface area contributed by atoms with Gasteiger partial charge in [0.2, 0.25) is 5.70 Å². The number of aldehydes is 1. The van der Waals surface area contributed by atoms with Crippen LogP contribution >= 0.6 is 0 Å². The van der Waals surface area contributed by atoms with Crippen LogP contribution < -0.4 is 0 Å². The summed E-state index contributed by atoms with van der Waals surface area (Å²) in [5.41, 5.74) is 0.236. The van der Waals surface area contributed by atoms with Crippen molar-refractivity contribution in [2.45, 2.75) is 71.1 Å². The molecule has 0 unspecified atom stereocenters. The summed E-state index contributed by atoms with van der Waals surface area (Å²) in [7, 11) is 0. The maximum Gasteiger partial charge on any atom is 0.246 e. The Bertz CT molecular complexity index is 513. The van der Waals surface area contributed by atoms with Gasteiger partial charge in [0.25, 0.3) is 0 Å². The number of nitrogens with zero attached hydrogens (tertiary/aromatic N) is 1. The minimum atomic E-state index is -0.307. The van der Waals surface area contributed by atoms with Gasteiger partial charge in [-0.2, -0.15) is 0 Å². The summed E-state index contributed by atoms with van der Waals surface area (Å²) in [5.74, 6) is 0. The Morgan fingerprint density at radius 3 is 2.08 bits per heavy atom. The van der Waals surface area contributed by atoms with E-state index in [0.29, 0.717) is 19.3 Å². The van der Waals surface area contributed by atoms with Crippen molar-refractivity contribution in [3.05, 3.63) is 70.5 Å². The second kappa shape index (κ2) is 19.1. The summed E-state index contributed by atoms with van der Waals surface area (Å²) >= 11 is 0. The predicted octanol–water partition coefficient (Wildman–Crippen LogP) is 6.49. The van der Waals surface area contributed by atoms with Crippen LogP contribution in [0.3, 0.4) is 0 Å². The van der Waals surface area contributed by atoms with E-state index in [4.69, 9.17) is 0 Å². The molecule has 4 heteroatoms. The van der Waals surface area contributed by atoms with Crippen LogP contribution in [0, 0.1) is 10.1 Å². The minimum Gasteiger partial charge on any atom is -0.303 e. The van der Waals surface area contributed by atoms with E-state index in [2.05, 4.69) is 19.1 Å². The third-order valence-electron chi connectivity index (χ3n) is 3.69. The van der Waals surface area contributed by atoms with Crippen molar-refractivity contribution in [1.82, 2.24) is 0 Å². The van der Waals surface area contributed by atoms with Crippen LogP contribution in [0.25, 0.3) is 0 Å². The fraction of sp³-hybridized carbons (Fsp3) is 0.500.